The highest BCUT2D eigenvalue weighted by atomic mass is 16.5. The lowest BCUT2D eigenvalue weighted by Crippen LogP contribution is -2.16. The number of hydrogen-bond acceptors (Lipinski definition) is 7. The number of methoxy groups -OCH3 is 1. The van der Waals surface area contributed by atoms with Gasteiger partial charge in [0, 0.05) is 24.6 Å². The fourth-order valence-electron chi connectivity index (χ4n) is 3.04. The first-order valence-electron chi connectivity index (χ1n) is 13.5. The van der Waals surface area contributed by atoms with Crippen molar-refractivity contribution in [2.24, 2.45) is 5.41 Å². The van der Waals surface area contributed by atoms with Gasteiger partial charge < -0.3 is 19.0 Å². The number of alkyl carbamates (subject to hydrolysis) is 1. The summed E-state index contributed by atoms with van der Waals surface area (Å²) in [7, 11) is 1.27. The Bertz CT molecular complexity index is 1080. The van der Waals surface area contributed by atoms with E-state index in [1.54, 1.807) is 13.0 Å². The molecule has 0 spiro atoms. The van der Waals surface area contributed by atoms with E-state index in [-0.39, 0.29) is 23.7 Å². The van der Waals surface area contributed by atoms with Gasteiger partial charge in [-0.05, 0) is 43.7 Å². The van der Waals surface area contributed by atoms with Crippen LogP contribution >= 0.6 is 0 Å². The Hall–Kier alpha value is -3.55. The molecule has 1 heterocycles. The molecule has 0 bridgehead atoms. The van der Waals surface area contributed by atoms with E-state index in [2.05, 4.69) is 49.9 Å². The molecule has 2 rings (SSSR count). The minimum absolute atomic E-state index is 0.116. The van der Waals surface area contributed by atoms with E-state index >= 15 is 0 Å². The third-order valence-corrected chi connectivity index (χ3v) is 5.45. The van der Waals surface area contributed by atoms with Gasteiger partial charge in [-0.15, -0.1) is 0 Å². The number of rotatable bonds is 10. The average molecular weight is 546 g/mol. The summed E-state index contributed by atoms with van der Waals surface area (Å²) in [4.78, 5) is 34.2. The topological polar surface area (TPSA) is 115 Å². The van der Waals surface area contributed by atoms with Crippen LogP contribution < -0.4 is 15.7 Å². The van der Waals surface area contributed by atoms with Crippen LogP contribution in [-0.2, 0) is 4.74 Å². The Morgan fingerprint density at radius 2 is 1.77 bits per heavy atom. The number of Topliss-reactive ketones (excluding diaryl/α,β-unsaturated/α-hetero) is 1. The Morgan fingerprint density at radius 3 is 2.28 bits per heavy atom. The van der Waals surface area contributed by atoms with Gasteiger partial charge in [-0.1, -0.05) is 72.2 Å². The van der Waals surface area contributed by atoms with Crippen molar-refractivity contribution in [2.45, 2.75) is 87.0 Å². The molecule has 2 N–H and O–H groups in total. The number of aromatic hydroxyl groups is 1. The lowest BCUT2D eigenvalue weighted by atomic mass is 9.93. The molecule has 0 fully saturated rings. The second kappa shape index (κ2) is 18.7. The fraction of sp³-hybridized carbons (Fsp3) is 0.516. The molecule has 1 aromatic heterocycles. The number of benzene rings is 1. The summed E-state index contributed by atoms with van der Waals surface area (Å²) in [5.74, 6) is 0.349. The summed E-state index contributed by atoms with van der Waals surface area (Å²) < 4.78 is 15.2. The monoisotopic (exact) mass is 545 g/mol. The molecule has 1 unspecified atom stereocenters. The Kier molecular flexibility index (Phi) is 17.0. The predicted octanol–water partition coefficient (Wildman–Crippen LogP) is 7.53. The molecule has 1 atom stereocenters. The van der Waals surface area contributed by atoms with Crippen molar-refractivity contribution in [2.75, 3.05) is 13.7 Å². The largest absolute Gasteiger partial charge is 0.507 e. The summed E-state index contributed by atoms with van der Waals surface area (Å²) >= 11 is 0. The maximum atomic E-state index is 11.8. The van der Waals surface area contributed by atoms with Crippen LogP contribution in [0.3, 0.4) is 0 Å². The fourth-order valence-corrected chi connectivity index (χ4v) is 3.04. The molecule has 1 aromatic carbocycles. The Balaban J connectivity index is 0.000000769. The summed E-state index contributed by atoms with van der Waals surface area (Å²) in [6.45, 7) is 17.0. The lowest BCUT2D eigenvalue weighted by molar-refractivity contribution is 0.0980. The van der Waals surface area contributed by atoms with Crippen molar-refractivity contribution in [3.8, 4) is 11.5 Å². The van der Waals surface area contributed by atoms with Crippen LogP contribution in [0.25, 0.3) is 0 Å². The maximum absolute atomic E-state index is 11.8. The number of ketones is 1. The number of ether oxygens (including phenoxy) is 2. The van der Waals surface area contributed by atoms with Gasteiger partial charge in [-0.3, -0.25) is 10.1 Å². The van der Waals surface area contributed by atoms with E-state index in [9.17, 15) is 19.5 Å². The zero-order chi connectivity index (χ0) is 30.0. The third kappa shape index (κ3) is 14.8. The van der Waals surface area contributed by atoms with Crippen molar-refractivity contribution in [1.82, 2.24) is 5.32 Å². The van der Waals surface area contributed by atoms with Gasteiger partial charge >= 0.3 is 11.7 Å². The maximum Gasteiger partial charge on any atom is 0.410 e. The minimum Gasteiger partial charge on any atom is -0.507 e. The molecule has 2 aromatic rings. The summed E-state index contributed by atoms with van der Waals surface area (Å²) in [6.07, 6.45) is 5.09. The van der Waals surface area contributed by atoms with E-state index < -0.39 is 17.5 Å². The molecule has 0 saturated heterocycles. The standard InChI is InChI=1S/C16H21NO6.C13H20O.C2H6/c1-4-11(18)14-12(19)9-13(23-15(14)20)10(2)7-5-6-8-17-16(21)22-3;1-11-5-7-12(8-6-11)14-10-9-13(2,3)4;1-2/h6,8-10,19H,4-5,7H2,1-3H3,(H,17,21);5-8H,9-10H2,1-4H3;1-2H3/b8-6+;;. The van der Waals surface area contributed by atoms with Crippen molar-refractivity contribution in [3.63, 3.8) is 0 Å². The molecule has 8 heteroatoms. The first kappa shape index (κ1) is 35.5. The number of amides is 1. The molecule has 8 nitrogen and oxygen atoms in total. The zero-order valence-corrected chi connectivity index (χ0v) is 25.1. The molecule has 0 saturated carbocycles. The quantitative estimate of drug-likeness (QED) is 0.297. The van der Waals surface area contributed by atoms with Crippen molar-refractivity contribution < 1.29 is 28.6 Å². The smallest absolute Gasteiger partial charge is 0.410 e. The van der Waals surface area contributed by atoms with Gasteiger partial charge in [-0.25, -0.2) is 9.59 Å². The molecular weight excluding hydrogens is 498 g/mol. The van der Waals surface area contributed by atoms with Crippen LogP contribution in [0.5, 0.6) is 11.5 Å². The van der Waals surface area contributed by atoms with Crippen LogP contribution in [0.15, 0.2) is 51.8 Å². The van der Waals surface area contributed by atoms with Crippen LogP contribution in [-0.4, -0.2) is 30.7 Å². The number of aryl methyl sites for hydroxylation is 1. The van der Waals surface area contributed by atoms with Crippen LogP contribution in [0.2, 0.25) is 0 Å². The second-order valence-corrected chi connectivity index (χ2v) is 9.96. The Morgan fingerprint density at radius 1 is 1.15 bits per heavy atom. The number of allylic oxidation sites excluding steroid dienone is 1. The van der Waals surface area contributed by atoms with Crippen molar-refractivity contribution >= 4 is 11.9 Å². The van der Waals surface area contributed by atoms with E-state index in [4.69, 9.17) is 9.15 Å². The molecule has 0 radical (unpaired) electrons. The van der Waals surface area contributed by atoms with Crippen LogP contribution in [0.1, 0.15) is 102 Å². The zero-order valence-electron chi connectivity index (χ0n) is 25.1. The molecular formula is C31H47NO7. The average Bonchev–Trinajstić information content (AvgIpc) is 2.89. The highest BCUT2D eigenvalue weighted by molar-refractivity contribution is 5.97. The SMILES string of the molecule is CC.CCC(=O)c1c(O)cc(C(C)CC/C=C/NC(=O)OC)oc1=O.Cc1ccc(OCCC(C)(C)C)cc1. The van der Waals surface area contributed by atoms with Gasteiger partial charge in [0.25, 0.3) is 0 Å². The van der Waals surface area contributed by atoms with Crippen molar-refractivity contribution in [1.29, 1.82) is 0 Å². The minimum atomic E-state index is -0.818. The first-order valence-corrected chi connectivity index (χ1v) is 13.5. The van der Waals surface area contributed by atoms with E-state index in [1.807, 2.05) is 32.9 Å². The summed E-state index contributed by atoms with van der Waals surface area (Å²) in [5, 5.41) is 12.3. The highest BCUT2D eigenvalue weighted by Crippen LogP contribution is 2.25. The number of carbonyl (C=O) groups is 2. The van der Waals surface area contributed by atoms with Crippen molar-refractivity contribution in [3.05, 3.63) is 69.9 Å². The number of carbonyl (C=O) groups excluding carboxylic acids is 2. The predicted molar refractivity (Wildman–Crippen MR) is 156 cm³/mol. The van der Waals surface area contributed by atoms with Crippen LogP contribution in [0.4, 0.5) is 4.79 Å². The van der Waals surface area contributed by atoms with Gasteiger partial charge in [0.1, 0.15) is 22.8 Å². The molecule has 218 valence electrons. The van der Waals surface area contributed by atoms with Crippen LogP contribution in [0, 0.1) is 12.3 Å². The Labute approximate surface area is 233 Å². The van der Waals surface area contributed by atoms with E-state index in [0.29, 0.717) is 24.0 Å². The third-order valence-electron chi connectivity index (χ3n) is 5.45. The first-order chi connectivity index (χ1) is 18.4. The van der Waals surface area contributed by atoms with E-state index in [1.165, 1.54) is 24.9 Å². The normalized spacial score (nSPS) is 11.4. The summed E-state index contributed by atoms with van der Waals surface area (Å²) in [5.41, 5.74) is 0.505. The number of nitrogens with one attached hydrogen (secondary N) is 1. The second-order valence-electron chi connectivity index (χ2n) is 9.96. The molecule has 0 aliphatic heterocycles. The highest BCUT2D eigenvalue weighted by Gasteiger charge is 2.19. The van der Waals surface area contributed by atoms with Gasteiger partial charge in [-0.2, -0.15) is 0 Å². The van der Waals surface area contributed by atoms with E-state index in [0.717, 1.165) is 18.8 Å². The molecule has 39 heavy (non-hydrogen) atoms. The lowest BCUT2D eigenvalue weighted by Gasteiger charge is -2.18. The van der Waals surface area contributed by atoms with Gasteiger partial charge in [0.05, 0.1) is 13.7 Å². The number of hydrogen-bond donors (Lipinski definition) is 2. The van der Waals surface area contributed by atoms with Gasteiger partial charge in [0.15, 0.2) is 5.78 Å². The molecule has 1 amide bonds. The molecule has 0 aliphatic rings. The van der Waals surface area contributed by atoms with Gasteiger partial charge in [0.2, 0.25) is 0 Å². The summed E-state index contributed by atoms with van der Waals surface area (Å²) in [6, 6.07) is 9.51. The molecule has 0 aliphatic carbocycles.